The first kappa shape index (κ1) is 28.3. The first-order valence-electron chi connectivity index (χ1n) is 11.5. The molecule has 0 saturated carbocycles. The van der Waals surface area contributed by atoms with Crippen LogP contribution in [0.2, 0.25) is 0 Å². The monoisotopic (exact) mass is 505 g/mol. The lowest BCUT2D eigenvalue weighted by Gasteiger charge is -2.30. The molecular formula is C26H35NO7S. The van der Waals surface area contributed by atoms with Crippen molar-refractivity contribution < 1.29 is 31.7 Å². The Labute approximate surface area is 208 Å². The van der Waals surface area contributed by atoms with E-state index in [1.165, 1.54) is 12.1 Å². The topological polar surface area (TPSA) is 108 Å². The number of nitrogens with one attached hydrogen (secondary N) is 1. The van der Waals surface area contributed by atoms with E-state index >= 15 is 0 Å². The number of aryl methyl sites for hydroxylation is 1. The molecule has 9 heteroatoms. The molecule has 0 aliphatic carbocycles. The number of amides is 1. The van der Waals surface area contributed by atoms with Gasteiger partial charge in [-0.3, -0.25) is 4.18 Å². The van der Waals surface area contributed by atoms with E-state index < -0.39 is 46.5 Å². The van der Waals surface area contributed by atoms with E-state index in [4.69, 9.17) is 13.7 Å². The molecule has 0 saturated heterocycles. The summed E-state index contributed by atoms with van der Waals surface area (Å²) in [6.07, 6.45) is -1.41. The number of hydrogen-bond acceptors (Lipinski definition) is 7. The van der Waals surface area contributed by atoms with Crippen LogP contribution >= 0.6 is 0 Å². The molecule has 0 unspecified atom stereocenters. The van der Waals surface area contributed by atoms with Crippen LogP contribution in [0.1, 0.15) is 57.0 Å². The zero-order valence-electron chi connectivity index (χ0n) is 21.1. The van der Waals surface area contributed by atoms with Crippen molar-refractivity contribution in [2.24, 2.45) is 5.92 Å². The summed E-state index contributed by atoms with van der Waals surface area (Å²) >= 11 is 0. The Balaban J connectivity index is 2.30. The van der Waals surface area contributed by atoms with Crippen LogP contribution in [0.3, 0.4) is 0 Å². The van der Waals surface area contributed by atoms with Crippen molar-refractivity contribution in [3.8, 4) is 0 Å². The molecule has 0 heterocycles. The van der Waals surface area contributed by atoms with E-state index in [-0.39, 0.29) is 10.8 Å². The van der Waals surface area contributed by atoms with E-state index in [0.29, 0.717) is 12.0 Å². The van der Waals surface area contributed by atoms with Gasteiger partial charge in [0.05, 0.1) is 16.5 Å². The highest BCUT2D eigenvalue weighted by Crippen LogP contribution is 2.19. The first-order valence-corrected chi connectivity index (χ1v) is 12.9. The number of carbonyl (C=O) groups excluding carboxylic acids is 2. The molecule has 0 radical (unpaired) electrons. The molecule has 192 valence electrons. The fourth-order valence-electron chi connectivity index (χ4n) is 3.21. The highest BCUT2D eigenvalue weighted by atomic mass is 32.2. The SMILES string of the molecule is Cc1ccc(S(=O)(=O)OC[C@H](OC(=O)c2ccccc2)[C@H](CC(C)C)NC(=O)OC(C)(C)C)cc1. The quantitative estimate of drug-likeness (QED) is 0.363. The highest BCUT2D eigenvalue weighted by Gasteiger charge is 2.32. The molecule has 2 aromatic carbocycles. The van der Waals surface area contributed by atoms with Crippen molar-refractivity contribution in [3.63, 3.8) is 0 Å². The summed E-state index contributed by atoms with van der Waals surface area (Å²) in [5.41, 5.74) is 0.449. The van der Waals surface area contributed by atoms with Gasteiger partial charge in [-0.25, -0.2) is 9.59 Å². The molecule has 0 fully saturated rings. The van der Waals surface area contributed by atoms with E-state index in [1.807, 2.05) is 20.8 Å². The normalized spacial score (nSPS) is 13.7. The van der Waals surface area contributed by atoms with Crippen LogP contribution in [0.5, 0.6) is 0 Å². The summed E-state index contributed by atoms with van der Waals surface area (Å²) in [6.45, 7) is 10.4. The predicted octanol–water partition coefficient (Wildman–Crippen LogP) is 4.87. The molecule has 1 amide bonds. The van der Waals surface area contributed by atoms with Crippen LogP contribution in [-0.4, -0.2) is 44.8 Å². The zero-order valence-corrected chi connectivity index (χ0v) is 21.9. The first-order chi connectivity index (χ1) is 16.3. The van der Waals surface area contributed by atoms with Gasteiger partial charge in [-0.2, -0.15) is 8.42 Å². The molecule has 8 nitrogen and oxygen atoms in total. The predicted molar refractivity (Wildman–Crippen MR) is 133 cm³/mol. The van der Waals surface area contributed by atoms with Gasteiger partial charge < -0.3 is 14.8 Å². The maximum absolute atomic E-state index is 12.8. The molecule has 1 N–H and O–H groups in total. The summed E-state index contributed by atoms with van der Waals surface area (Å²) in [5.74, 6) is -0.576. The molecule has 2 aromatic rings. The molecule has 0 bridgehead atoms. The second kappa shape index (κ2) is 12.2. The van der Waals surface area contributed by atoms with Crippen LogP contribution < -0.4 is 5.32 Å². The molecule has 0 spiro atoms. The van der Waals surface area contributed by atoms with E-state index in [1.54, 1.807) is 63.2 Å². The van der Waals surface area contributed by atoms with Gasteiger partial charge in [0.25, 0.3) is 10.1 Å². The van der Waals surface area contributed by atoms with Crippen LogP contribution in [0.25, 0.3) is 0 Å². The average molecular weight is 506 g/mol. The zero-order chi connectivity index (χ0) is 26.2. The van der Waals surface area contributed by atoms with Crippen molar-refractivity contribution in [1.82, 2.24) is 5.32 Å². The van der Waals surface area contributed by atoms with Gasteiger partial charge in [0.15, 0.2) is 0 Å². The van der Waals surface area contributed by atoms with Gasteiger partial charge in [-0.15, -0.1) is 0 Å². The molecule has 0 aromatic heterocycles. The number of benzene rings is 2. The maximum Gasteiger partial charge on any atom is 0.408 e. The molecule has 2 atom stereocenters. The van der Waals surface area contributed by atoms with E-state index in [0.717, 1.165) is 5.56 Å². The van der Waals surface area contributed by atoms with Gasteiger partial charge in [-0.1, -0.05) is 49.7 Å². The lowest BCUT2D eigenvalue weighted by Crippen LogP contribution is -2.49. The smallest absolute Gasteiger partial charge is 0.408 e. The number of ether oxygens (including phenoxy) is 2. The number of esters is 1. The van der Waals surface area contributed by atoms with Crippen LogP contribution in [0, 0.1) is 12.8 Å². The fraction of sp³-hybridized carbons (Fsp3) is 0.462. The summed E-state index contributed by atoms with van der Waals surface area (Å²) in [6, 6.07) is 13.8. The highest BCUT2D eigenvalue weighted by molar-refractivity contribution is 7.86. The van der Waals surface area contributed by atoms with E-state index in [9.17, 15) is 18.0 Å². The summed E-state index contributed by atoms with van der Waals surface area (Å²) in [5, 5.41) is 2.73. The van der Waals surface area contributed by atoms with Gasteiger partial charge in [0, 0.05) is 0 Å². The third-order valence-corrected chi connectivity index (χ3v) is 6.14. The molecule has 0 aliphatic rings. The second-order valence-electron chi connectivity index (χ2n) is 9.74. The molecular weight excluding hydrogens is 470 g/mol. The van der Waals surface area contributed by atoms with Crippen LogP contribution in [0.15, 0.2) is 59.5 Å². The average Bonchev–Trinajstić information content (AvgIpc) is 2.75. The molecule has 35 heavy (non-hydrogen) atoms. The van der Waals surface area contributed by atoms with Gasteiger partial charge >= 0.3 is 12.1 Å². The standard InChI is InChI=1S/C26H35NO7S/c1-18(2)16-22(27-25(29)34-26(4,5)6)23(33-24(28)20-10-8-7-9-11-20)17-32-35(30,31)21-14-12-19(3)13-15-21/h7-15,18,22-23H,16-17H2,1-6H3,(H,27,29)/t22-,23-/m0/s1. The van der Waals surface area contributed by atoms with Crippen molar-refractivity contribution in [3.05, 3.63) is 65.7 Å². The van der Waals surface area contributed by atoms with Crippen molar-refractivity contribution >= 4 is 22.2 Å². The second-order valence-corrected chi connectivity index (χ2v) is 11.4. The largest absolute Gasteiger partial charge is 0.454 e. The minimum Gasteiger partial charge on any atom is -0.454 e. The van der Waals surface area contributed by atoms with Crippen molar-refractivity contribution in [2.45, 2.75) is 70.6 Å². The Bertz CT molecular complexity index is 1070. The molecule has 2 rings (SSSR count). The number of rotatable bonds is 10. The Kier molecular flexibility index (Phi) is 9.85. The lowest BCUT2D eigenvalue weighted by atomic mass is 9.99. The lowest BCUT2D eigenvalue weighted by molar-refractivity contribution is -0.00147. The van der Waals surface area contributed by atoms with Gasteiger partial charge in [0.1, 0.15) is 18.3 Å². The Hall–Kier alpha value is -2.91. The summed E-state index contributed by atoms with van der Waals surface area (Å²) < 4.78 is 41.9. The van der Waals surface area contributed by atoms with Crippen LogP contribution in [0.4, 0.5) is 4.79 Å². The third kappa shape index (κ3) is 9.70. The van der Waals surface area contributed by atoms with Crippen molar-refractivity contribution in [2.75, 3.05) is 6.61 Å². The third-order valence-electron chi connectivity index (χ3n) is 4.84. The number of alkyl carbamates (subject to hydrolysis) is 1. The number of hydrogen-bond donors (Lipinski definition) is 1. The van der Waals surface area contributed by atoms with E-state index in [2.05, 4.69) is 5.32 Å². The van der Waals surface area contributed by atoms with Crippen LogP contribution in [-0.2, 0) is 23.8 Å². The Morgan fingerprint density at radius 2 is 1.57 bits per heavy atom. The maximum atomic E-state index is 12.8. The fourth-order valence-corrected chi connectivity index (χ4v) is 4.13. The van der Waals surface area contributed by atoms with Gasteiger partial charge in [0.2, 0.25) is 0 Å². The Morgan fingerprint density at radius 1 is 0.971 bits per heavy atom. The Morgan fingerprint density at radius 3 is 2.11 bits per heavy atom. The van der Waals surface area contributed by atoms with Crippen molar-refractivity contribution in [1.29, 1.82) is 0 Å². The molecule has 0 aliphatic heterocycles. The van der Waals surface area contributed by atoms with Gasteiger partial charge in [-0.05, 0) is 64.3 Å². The number of carbonyl (C=O) groups is 2. The summed E-state index contributed by atoms with van der Waals surface area (Å²) in [4.78, 5) is 25.3. The minimum absolute atomic E-state index is 0.0169. The minimum atomic E-state index is -4.13. The summed E-state index contributed by atoms with van der Waals surface area (Å²) in [7, 11) is -4.13.